The number of esters is 1. The van der Waals surface area contributed by atoms with Gasteiger partial charge in [0.25, 0.3) is 0 Å². The highest BCUT2D eigenvalue weighted by atomic mass is 32.2. The Morgan fingerprint density at radius 3 is 2.00 bits per heavy atom. The summed E-state index contributed by atoms with van der Waals surface area (Å²) in [6, 6.07) is 6.57. The van der Waals surface area contributed by atoms with E-state index in [4.69, 9.17) is 28.8 Å². The normalized spacial score (nSPS) is 14.2. The van der Waals surface area contributed by atoms with Crippen molar-refractivity contribution in [1.29, 1.82) is 0 Å². The third-order valence-corrected chi connectivity index (χ3v) is 5.68. The minimum absolute atomic E-state index is 0.0359. The van der Waals surface area contributed by atoms with E-state index in [1.54, 1.807) is 18.2 Å². The fourth-order valence-corrected chi connectivity index (χ4v) is 3.90. The van der Waals surface area contributed by atoms with E-state index in [0.29, 0.717) is 18.8 Å². The molecule has 0 saturated heterocycles. The van der Waals surface area contributed by atoms with Gasteiger partial charge in [-0.2, -0.15) is 0 Å². The Balaban J connectivity index is 1.47. The molecule has 10 nitrogen and oxygen atoms in total. The van der Waals surface area contributed by atoms with Gasteiger partial charge < -0.3 is 28.8 Å². The highest BCUT2D eigenvalue weighted by molar-refractivity contribution is 7.95. The van der Waals surface area contributed by atoms with Crippen molar-refractivity contribution in [3.05, 3.63) is 34.7 Å². The molecule has 0 spiro atoms. The zero-order valence-corrected chi connectivity index (χ0v) is 17.1. The maximum absolute atomic E-state index is 12.3. The van der Waals surface area contributed by atoms with Crippen LogP contribution in [0.2, 0.25) is 0 Å². The van der Waals surface area contributed by atoms with Crippen molar-refractivity contribution in [3.8, 4) is 0 Å². The molecular weight excluding hydrogens is 420 g/mol. The van der Waals surface area contributed by atoms with Gasteiger partial charge in [0.1, 0.15) is 19.8 Å². The smallest absolute Gasteiger partial charge is 0.332 e. The van der Waals surface area contributed by atoms with Crippen molar-refractivity contribution in [3.63, 3.8) is 0 Å². The van der Waals surface area contributed by atoms with Crippen molar-refractivity contribution < 1.29 is 46.8 Å². The molecule has 0 atom stereocenters. The lowest BCUT2D eigenvalue weighted by Crippen LogP contribution is -2.18. The zero-order chi connectivity index (χ0) is 21.8. The Labute approximate surface area is 174 Å². The van der Waals surface area contributed by atoms with Crippen LogP contribution in [-0.2, 0) is 43.1 Å². The molecule has 0 aromatic heterocycles. The van der Waals surface area contributed by atoms with Gasteiger partial charge in [0.05, 0.1) is 49.4 Å². The van der Waals surface area contributed by atoms with Gasteiger partial charge in [-0.05, 0) is 17.7 Å². The summed E-state index contributed by atoms with van der Waals surface area (Å²) in [6.07, 6.45) is 1.49. The van der Waals surface area contributed by atoms with Crippen LogP contribution in [0.4, 0.5) is 0 Å². The molecule has 2 rings (SSSR count). The van der Waals surface area contributed by atoms with E-state index >= 15 is 0 Å². The first-order valence-electron chi connectivity index (χ1n) is 9.14. The van der Waals surface area contributed by atoms with Crippen molar-refractivity contribution in [1.82, 2.24) is 0 Å². The maximum Gasteiger partial charge on any atom is 0.332 e. The van der Waals surface area contributed by atoms with Gasteiger partial charge in [-0.3, -0.25) is 0 Å². The number of sulfone groups is 1. The van der Waals surface area contributed by atoms with E-state index in [9.17, 15) is 18.0 Å². The van der Waals surface area contributed by atoms with Gasteiger partial charge in [-0.1, -0.05) is 18.2 Å². The van der Waals surface area contributed by atoms with Gasteiger partial charge in [0, 0.05) is 0 Å². The topological polar surface area (TPSA) is 135 Å². The molecule has 0 amide bonds. The quantitative estimate of drug-likeness (QED) is 0.301. The van der Waals surface area contributed by atoms with Crippen molar-refractivity contribution >= 4 is 27.9 Å². The molecule has 1 aromatic carbocycles. The first kappa shape index (κ1) is 24.0. The summed E-state index contributed by atoms with van der Waals surface area (Å²) < 4.78 is 50.0. The molecule has 1 aliphatic rings. The average Bonchev–Trinajstić information content (AvgIpc) is 2.97. The second-order valence-corrected chi connectivity index (χ2v) is 8.01. The molecule has 0 saturated carbocycles. The summed E-state index contributed by atoms with van der Waals surface area (Å²) in [7, 11) is -3.61. The summed E-state index contributed by atoms with van der Waals surface area (Å²) in [6.45, 7) is 0.428. The standard InChI is InChI=1S/C19H24O10S/c20-18(21)13-27-9-7-25-5-6-26-8-10-28-14-19(22)29-12-16-11-15-3-1-2-4-17(15)30(16,23)24/h1-4,11H,5-10,12-14H2,(H,20,21). The second kappa shape index (κ2) is 12.4. The van der Waals surface area contributed by atoms with E-state index in [1.165, 1.54) is 12.1 Å². The number of hydrogen-bond acceptors (Lipinski definition) is 9. The molecule has 166 valence electrons. The minimum Gasteiger partial charge on any atom is -0.480 e. The number of hydrogen-bond donors (Lipinski definition) is 1. The lowest BCUT2D eigenvalue weighted by Gasteiger charge is -2.08. The minimum atomic E-state index is -3.61. The molecule has 0 bridgehead atoms. The van der Waals surface area contributed by atoms with Gasteiger partial charge >= 0.3 is 11.9 Å². The highest BCUT2D eigenvalue weighted by Gasteiger charge is 2.29. The average molecular weight is 444 g/mol. The predicted octanol–water partition coefficient (Wildman–Crippen LogP) is 0.509. The number of carboxylic acids is 1. The van der Waals surface area contributed by atoms with Gasteiger partial charge in [-0.25, -0.2) is 18.0 Å². The van der Waals surface area contributed by atoms with E-state index in [1.807, 2.05) is 0 Å². The summed E-state index contributed by atoms with van der Waals surface area (Å²) >= 11 is 0. The number of carbonyl (C=O) groups excluding carboxylic acids is 1. The van der Waals surface area contributed by atoms with E-state index in [0.717, 1.165) is 0 Å². The summed E-state index contributed by atoms with van der Waals surface area (Å²) in [4.78, 5) is 22.2. The van der Waals surface area contributed by atoms with Gasteiger partial charge in [0.2, 0.25) is 9.84 Å². The van der Waals surface area contributed by atoms with E-state index in [-0.39, 0.29) is 56.0 Å². The van der Waals surface area contributed by atoms with Crippen LogP contribution in [0.15, 0.2) is 34.1 Å². The molecule has 1 heterocycles. The van der Waals surface area contributed by atoms with Crippen LogP contribution in [-0.4, -0.2) is 84.9 Å². The Morgan fingerprint density at radius 2 is 1.40 bits per heavy atom. The second-order valence-electron chi connectivity index (χ2n) is 6.04. The largest absolute Gasteiger partial charge is 0.480 e. The number of ether oxygens (including phenoxy) is 5. The number of fused-ring (bicyclic) bond motifs is 1. The Bertz CT molecular complexity index is 847. The molecule has 1 aliphatic heterocycles. The molecular formula is C19H24O10S. The van der Waals surface area contributed by atoms with Crippen LogP contribution in [0.5, 0.6) is 0 Å². The van der Waals surface area contributed by atoms with Crippen LogP contribution in [0.25, 0.3) is 6.08 Å². The third-order valence-electron chi connectivity index (χ3n) is 3.81. The Morgan fingerprint density at radius 1 is 0.833 bits per heavy atom. The number of benzene rings is 1. The molecule has 1 N–H and O–H groups in total. The molecule has 1 aromatic rings. The van der Waals surface area contributed by atoms with Crippen molar-refractivity contribution in [2.45, 2.75) is 4.90 Å². The van der Waals surface area contributed by atoms with Gasteiger partial charge in [0.15, 0.2) is 0 Å². The van der Waals surface area contributed by atoms with Crippen LogP contribution < -0.4 is 0 Å². The van der Waals surface area contributed by atoms with Crippen molar-refractivity contribution in [2.75, 3.05) is 59.5 Å². The van der Waals surface area contributed by atoms with Gasteiger partial charge in [-0.15, -0.1) is 0 Å². The first-order chi connectivity index (χ1) is 14.4. The zero-order valence-electron chi connectivity index (χ0n) is 16.3. The van der Waals surface area contributed by atoms with Crippen molar-refractivity contribution in [2.24, 2.45) is 0 Å². The molecule has 11 heteroatoms. The first-order valence-corrected chi connectivity index (χ1v) is 10.6. The summed E-state index contributed by atoms with van der Waals surface area (Å²) in [5, 5.41) is 8.37. The maximum atomic E-state index is 12.3. The van der Waals surface area contributed by atoms with Crippen LogP contribution in [0, 0.1) is 0 Å². The number of aliphatic carboxylic acids is 1. The number of carbonyl (C=O) groups is 2. The Kier molecular flexibility index (Phi) is 9.91. The molecule has 0 radical (unpaired) electrons. The van der Waals surface area contributed by atoms with Crippen LogP contribution in [0.1, 0.15) is 5.56 Å². The highest BCUT2D eigenvalue weighted by Crippen LogP contribution is 2.32. The van der Waals surface area contributed by atoms with E-state index in [2.05, 4.69) is 0 Å². The number of carboxylic acid groups (broad SMARTS) is 1. The van der Waals surface area contributed by atoms with Crippen LogP contribution in [0.3, 0.4) is 0 Å². The predicted molar refractivity (Wildman–Crippen MR) is 103 cm³/mol. The number of rotatable bonds is 15. The third kappa shape index (κ3) is 7.84. The molecule has 0 unspecified atom stereocenters. The molecule has 30 heavy (non-hydrogen) atoms. The summed E-state index contributed by atoms with van der Waals surface area (Å²) in [5.41, 5.74) is 0.578. The SMILES string of the molecule is O=C(O)COCCOCCOCCOCC(=O)OCC1=Cc2ccccc2S1(=O)=O. The molecule has 0 aliphatic carbocycles. The van der Waals surface area contributed by atoms with E-state index < -0.39 is 21.8 Å². The fourth-order valence-electron chi connectivity index (χ4n) is 2.42. The lowest BCUT2D eigenvalue weighted by molar-refractivity contribution is -0.148. The monoisotopic (exact) mass is 444 g/mol. The summed E-state index contributed by atoms with van der Waals surface area (Å²) in [5.74, 6) is -1.71. The van der Waals surface area contributed by atoms with Crippen LogP contribution >= 0.6 is 0 Å². The molecule has 0 fully saturated rings. The lowest BCUT2D eigenvalue weighted by atomic mass is 10.2. The Hall–Kier alpha value is -2.31. The fraction of sp³-hybridized carbons (Fsp3) is 0.474.